The Balaban J connectivity index is 2.40. The highest BCUT2D eigenvalue weighted by atomic mass is 16.3. The number of carbonyl (C=O) groups is 1. The number of hydrogen-bond acceptors (Lipinski definition) is 3. The summed E-state index contributed by atoms with van der Waals surface area (Å²) in [5.41, 5.74) is 5.86. The van der Waals surface area contributed by atoms with Crippen LogP contribution in [0.25, 0.3) is 0 Å². The molecular formula is C15H30N2O2. The molecule has 1 saturated carbocycles. The van der Waals surface area contributed by atoms with E-state index in [0.717, 1.165) is 25.7 Å². The van der Waals surface area contributed by atoms with Crippen LogP contribution in [0.1, 0.15) is 59.3 Å². The van der Waals surface area contributed by atoms with Crippen molar-refractivity contribution in [1.29, 1.82) is 0 Å². The lowest BCUT2D eigenvalue weighted by Crippen LogP contribution is -2.44. The van der Waals surface area contributed by atoms with Gasteiger partial charge in [0.05, 0.1) is 6.61 Å². The summed E-state index contributed by atoms with van der Waals surface area (Å²) < 4.78 is 0. The molecule has 4 N–H and O–H groups in total. The number of hydrogen-bond donors (Lipinski definition) is 3. The van der Waals surface area contributed by atoms with Gasteiger partial charge < -0.3 is 16.2 Å². The Hall–Kier alpha value is -0.610. The average molecular weight is 270 g/mol. The molecule has 1 rings (SSSR count). The van der Waals surface area contributed by atoms with Crippen molar-refractivity contribution in [2.24, 2.45) is 16.6 Å². The number of aliphatic hydroxyl groups excluding tert-OH is 1. The van der Waals surface area contributed by atoms with Crippen molar-refractivity contribution in [3.8, 4) is 0 Å². The molecule has 4 heteroatoms. The lowest BCUT2D eigenvalue weighted by atomic mass is 9.74. The van der Waals surface area contributed by atoms with Gasteiger partial charge >= 0.3 is 0 Å². The van der Waals surface area contributed by atoms with E-state index in [1.165, 1.54) is 6.42 Å². The van der Waals surface area contributed by atoms with E-state index in [4.69, 9.17) is 5.73 Å². The van der Waals surface area contributed by atoms with Crippen molar-refractivity contribution in [2.75, 3.05) is 13.2 Å². The van der Waals surface area contributed by atoms with Gasteiger partial charge in [0, 0.05) is 24.4 Å². The first kappa shape index (κ1) is 16.4. The van der Waals surface area contributed by atoms with Crippen LogP contribution in [0.5, 0.6) is 0 Å². The molecule has 1 atom stereocenters. The molecule has 1 aliphatic carbocycles. The summed E-state index contributed by atoms with van der Waals surface area (Å²) in [5, 5.41) is 12.6. The first-order valence-electron chi connectivity index (χ1n) is 7.42. The number of rotatable bonds is 5. The van der Waals surface area contributed by atoms with E-state index in [1.807, 2.05) is 20.8 Å². The molecule has 0 heterocycles. The summed E-state index contributed by atoms with van der Waals surface area (Å²) >= 11 is 0. The fourth-order valence-corrected chi connectivity index (χ4v) is 2.56. The van der Waals surface area contributed by atoms with Gasteiger partial charge in [-0.1, -0.05) is 40.0 Å². The van der Waals surface area contributed by atoms with Crippen LogP contribution in [0.2, 0.25) is 0 Å². The van der Waals surface area contributed by atoms with E-state index >= 15 is 0 Å². The fourth-order valence-electron chi connectivity index (χ4n) is 2.56. The molecule has 19 heavy (non-hydrogen) atoms. The summed E-state index contributed by atoms with van der Waals surface area (Å²) in [5.74, 6) is 0.000762. The van der Waals surface area contributed by atoms with Gasteiger partial charge in [0.25, 0.3) is 0 Å². The summed E-state index contributed by atoms with van der Waals surface area (Å²) in [4.78, 5) is 11.9. The summed E-state index contributed by atoms with van der Waals surface area (Å²) in [6.45, 7) is 6.88. The second-order valence-corrected chi connectivity index (χ2v) is 7.17. The van der Waals surface area contributed by atoms with Crippen LogP contribution < -0.4 is 11.1 Å². The highest BCUT2D eigenvalue weighted by Gasteiger charge is 2.32. The Morgan fingerprint density at radius 2 is 1.89 bits per heavy atom. The second-order valence-electron chi connectivity index (χ2n) is 7.17. The Kier molecular flexibility index (Phi) is 5.81. The van der Waals surface area contributed by atoms with Crippen LogP contribution in [-0.4, -0.2) is 30.2 Å². The molecule has 0 spiro atoms. The molecule has 4 nitrogen and oxygen atoms in total. The zero-order valence-electron chi connectivity index (χ0n) is 12.7. The predicted octanol–water partition coefficient (Wildman–Crippen LogP) is 1.81. The lowest BCUT2D eigenvalue weighted by Gasteiger charge is -2.36. The maximum absolute atomic E-state index is 11.9. The third-order valence-electron chi connectivity index (χ3n) is 4.43. The van der Waals surface area contributed by atoms with E-state index in [0.29, 0.717) is 13.0 Å². The van der Waals surface area contributed by atoms with Crippen molar-refractivity contribution in [1.82, 2.24) is 5.32 Å². The normalized spacial score (nSPS) is 20.9. The third kappa shape index (κ3) is 5.11. The van der Waals surface area contributed by atoms with Crippen molar-refractivity contribution >= 4 is 5.91 Å². The van der Waals surface area contributed by atoms with Gasteiger partial charge in [-0.15, -0.1) is 0 Å². The fraction of sp³-hybridized carbons (Fsp3) is 0.933. The van der Waals surface area contributed by atoms with E-state index in [-0.39, 0.29) is 29.4 Å². The highest BCUT2D eigenvalue weighted by molar-refractivity contribution is 5.76. The van der Waals surface area contributed by atoms with E-state index in [9.17, 15) is 9.90 Å². The van der Waals surface area contributed by atoms with Crippen molar-refractivity contribution < 1.29 is 9.90 Å². The maximum atomic E-state index is 11.9. The molecular weight excluding hydrogens is 240 g/mol. The van der Waals surface area contributed by atoms with Crippen LogP contribution in [0, 0.1) is 10.8 Å². The van der Waals surface area contributed by atoms with Crippen molar-refractivity contribution in [3.05, 3.63) is 0 Å². The van der Waals surface area contributed by atoms with E-state index in [1.54, 1.807) is 0 Å². The molecule has 1 unspecified atom stereocenters. The zero-order valence-corrected chi connectivity index (χ0v) is 12.7. The van der Waals surface area contributed by atoms with Gasteiger partial charge in [-0.2, -0.15) is 0 Å². The molecule has 112 valence electrons. The predicted molar refractivity (Wildman–Crippen MR) is 77.7 cm³/mol. The van der Waals surface area contributed by atoms with Crippen LogP contribution in [0.4, 0.5) is 0 Å². The molecule has 0 aromatic carbocycles. The Bertz CT molecular complexity index is 291. The minimum atomic E-state index is -0.135. The molecule has 0 radical (unpaired) electrons. The second kappa shape index (κ2) is 6.71. The molecule has 0 aliphatic heterocycles. The van der Waals surface area contributed by atoms with Gasteiger partial charge in [-0.05, 0) is 18.3 Å². The lowest BCUT2D eigenvalue weighted by molar-refractivity contribution is -0.122. The minimum absolute atomic E-state index is 0.000762. The monoisotopic (exact) mass is 270 g/mol. The Labute approximate surface area is 117 Å². The largest absolute Gasteiger partial charge is 0.396 e. The van der Waals surface area contributed by atoms with Gasteiger partial charge in [-0.3, -0.25) is 4.79 Å². The molecule has 0 saturated heterocycles. The van der Waals surface area contributed by atoms with Crippen molar-refractivity contribution in [3.63, 3.8) is 0 Å². The summed E-state index contributed by atoms with van der Waals surface area (Å²) in [6, 6.07) is -0.135. The molecule has 1 aliphatic rings. The molecule has 1 fully saturated rings. The SMILES string of the molecule is CC(C)(C)C(N)CC(=O)NCC1(CO)CCCCC1. The maximum Gasteiger partial charge on any atom is 0.221 e. The quantitative estimate of drug-likeness (QED) is 0.713. The molecule has 0 aromatic heterocycles. The van der Waals surface area contributed by atoms with Gasteiger partial charge in [0.15, 0.2) is 0 Å². The topological polar surface area (TPSA) is 75.4 Å². The first-order chi connectivity index (χ1) is 8.79. The molecule has 0 aromatic rings. The number of amides is 1. The zero-order chi connectivity index (χ0) is 14.5. The summed E-state index contributed by atoms with van der Waals surface area (Å²) in [7, 11) is 0. The number of carbonyl (C=O) groups excluding carboxylic acids is 1. The Morgan fingerprint density at radius 3 is 2.37 bits per heavy atom. The number of nitrogens with two attached hydrogens (primary N) is 1. The summed E-state index contributed by atoms with van der Waals surface area (Å²) in [6.07, 6.45) is 5.91. The van der Waals surface area contributed by atoms with Crippen LogP contribution >= 0.6 is 0 Å². The van der Waals surface area contributed by atoms with E-state index < -0.39 is 0 Å². The van der Waals surface area contributed by atoms with Gasteiger partial charge in [0.1, 0.15) is 0 Å². The molecule has 1 amide bonds. The van der Waals surface area contributed by atoms with Crippen molar-refractivity contribution in [2.45, 2.75) is 65.3 Å². The average Bonchev–Trinajstić information content (AvgIpc) is 2.36. The minimum Gasteiger partial charge on any atom is -0.396 e. The third-order valence-corrected chi connectivity index (χ3v) is 4.43. The first-order valence-corrected chi connectivity index (χ1v) is 7.42. The number of nitrogens with one attached hydrogen (secondary N) is 1. The van der Waals surface area contributed by atoms with Crippen LogP contribution in [-0.2, 0) is 4.79 Å². The van der Waals surface area contributed by atoms with Crippen LogP contribution in [0.3, 0.4) is 0 Å². The Morgan fingerprint density at radius 1 is 1.32 bits per heavy atom. The standard InChI is InChI=1S/C15H30N2O2/c1-14(2,3)12(16)9-13(19)17-10-15(11-18)7-5-4-6-8-15/h12,18H,4-11,16H2,1-3H3,(H,17,19). The highest BCUT2D eigenvalue weighted by Crippen LogP contribution is 2.35. The van der Waals surface area contributed by atoms with Gasteiger partial charge in [0.2, 0.25) is 5.91 Å². The van der Waals surface area contributed by atoms with E-state index in [2.05, 4.69) is 5.32 Å². The smallest absolute Gasteiger partial charge is 0.221 e. The van der Waals surface area contributed by atoms with Gasteiger partial charge in [-0.25, -0.2) is 0 Å². The van der Waals surface area contributed by atoms with Crippen LogP contribution in [0.15, 0.2) is 0 Å². The molecule has 0 bridgehead atoms. The number of aliphatic hydroxyl groups is 1.